The maximum atomic E-state index is 5.81. The Hall–Kier alpha value is -0.860. The zero-order chi connectivity index (χ0) is 30.3. The molecule has 0 aromatic carbocycles. The Morgan fingerprint density at radius 3 is 1.26 bits per heavy atom. The van der Waals surface area contributed by atoms with Crippen LogP contribution in [0.4, 0.5) is 0 Å². The lowest BCUT2D eigenvalue weighted by molar-refractivity contribution is 0.131. The van der Waals surface area contributed by atoms with E-state index in [0.29, 0.717) is 0 Å². The molecule has 0 aliphatic carbocycles. The van der Waals surface area contributed by atoms with Crippen LogP contribution in [0.25, 0.3) is 0 Å². The van der Waals surface area contributed by atoms with E-state index in [1.165, 1.54) is 173 Å². The lowest BCUT2D eigenvalue weighted by Crippen LogP contribution is -2.21. The fourth-order valence-corrected chi connectivity index (χ4v) is 5.41. The molecule has 0 aliphatic rings. The average Bonchev–Trinajstić information content (AvgIpc) is 3.00. The highest BCUT2D eigenvalue weighted by Gasteiger charge is 1.95. The average molecular weight is 588 g/mol. The van der Waals surface area contributed by atoms with E-state index in [4.69, 9.17) is 4.74 Å². The third-order valence-corrected chi connectivity index (χ3v) is 8.28. The summed E-state index contributed by atoms with van der Waals surface area (Å²) in [6.07, 6.45) is 52.1. The fourth-order valence-electron chi connectivity index (χ4n) is 5.41. The van der Waals surface area contributed by atoms with Gasteiger partial charge in [0, 0.05) is 13.2 Å². The van der Waals surface area contributed by atoms with Gasteiger partial charge in [-0.2, -0.15) is 0 Å². The summed E-state index contributed by atoms with van der Waals surface area (Å²) < 4.78 is 5.81. The highest BCUT2D eigenvalue weighted by molar-refractivity contribution is 4.92. The van der Waals surface area contributed by atoms with E-state index in [9.17, 15) is 0 Å². The van der Waals surface area contributed by atoms with Crippen molar-refractivity contribution in [1.29, 1.82) is 0 Å². The number of hydrogen-bond acceptors (Lipinski definition) is 2. The predicted molar refractivity (Wildman–Crippen MR) is 192 cm³/mol. The molecular weight excluding hydrogens is 510 g/mol. The van der Waals surface area contributed by atoms with Gasteiger partial charge in [0.15, 0.2) is 0 Å². The van der Waals surface area contributed by atoms with Crippen LogP contribution in [0.2, 0.25) is 0 Å². The van der Waals surface area contributed by atoms with E-state index < -0.39 is 0 Å². The van der Waals surface area contributed by atoms with Crippen molar-refractivity contribution in [1.82, 2.24) is 5.32 Å². The molecule has 0 aromatic rings. The Bertz CT molecular complexity index is 552. The van der Waals surface area contributed by atoms with E-state index in [1.807, 2.05) is 0 Å². The van der Waals surface area contributed by atoms with E-state index >= 15 is 0 Å². The summed E-state index contributed by atoms with van der Waals surface area (Å²) >= 11 is 0. The molecule has 1 N–H and O–H groups in total. The molecule has 0 fully saturated rings. The van der Waals surface area contributed by atoms with Crippen LogP contribution in [0.1, 0.15) is 194 Å². The minimum atomic E-state index is 0.871. The second-order valence-corrected chi connectivity index (χ2v) is 12.6. The van der Waals surface area contributed by atoms with Crippen molar-refractivity contribution in [2.45, 2.75) is 194 Å². The molecule has 0 saturated carbocycles. The van der Waals surface area contributed by atoms with Crippen molar-refractivity contribution in [3.8, 4) is 0 Å². The fraction of sp³-hybridized carbons (Fsp3) is 0.850. The number of rotatable bonds is 36. The van der Waals surface area contributed by atoms with Crippen LogP contribution in [-0.2, 0) is 4.74 Å². The normalized spacial score (nSPS) is 12.1. The molecular formula is C40H77NO. The Morgan fingerprint density at radius 2 is 0.738 bits per heavy atom. The standard InChI is InChI=1S/C40H77NO/c1-3-5-7-9-11-13-15-17-19-21-22-23-25-27-29-31-33-35-37-41-38-40-42-39-36-34-32-30-28-26-24-20-18-16-14-12-10-8-6-4-2/h11,13,17-20,41H,3-10,12,14-16,21-40H2,1-2H3/b13-11-,19-17-,20-18-. The molecule has 0 bridgehead atoms. The third-order valence-electron chi connectivity index (χ3n) is 8.28. The molecule has 2 heteroatoms. The summed E-state index contributed by atoms with van der Waals surface area (Å²) in [5, 5.41) is 3.56. The molecule has 0 saturated heterocycles. The Kier molecular flexibility index (Phi) is 39.3. The maximum Gasteiger partial charge on any atom is 0.0590 e. The van der Waals surface area contributed by atoms with Gasteiger partial charge in [-0.15, -0.1) is 0 Å². The zero-order valence-electron chi connectivity index (χ0n) is 29.0. The first-order chi connectivity index (χ1) is 20.9. The van der Waals surface area contributed by atoms with Crippen molar-refractivity contribution in [3.63, 3.8) is 0 Å². The van der Waals surface area contributed by atoms with Gasteiger partial charge in [-0.3, -0.25) is 0 Å². The quantitative estimate of drug-likeness (QED) is 0.0581. The zero-order valence-corrected chi connectivity index (χ0v) is 29.0. The van der Waals surface area contributed by atoms with Crippen LogP contribution in [0.15, 0.2) is 36.5 Å². The molecule has 0 atom stereocenters. The Labute approximate surface area is 266 Å². The smallest absolute Gasteiger partial charge is 0.0590 e. The van der Waals surface area contributed by atoms with Crippen molar-refractivity contribution in [2.75, 3.05) is 26.3 Å². The van der Waals surface area contributed by atoms with Crippen molar-refractivity contribution in [2.24, 2.45) is 0 Å². The Morgan fingerprint density at radius 1 is 0.357 bits per heavy atom. The first kappa shape index (κ1) is 41.1. The van der Waals surface area contributed by atoms with Crippen LogP contribution in [0.3, 0.4) is 0 Å². The largest absolute Gasteiger partial charge is 0.380 e. The van der Waals surface area contributed by atoms with Crippen molar-refractivity contribution in [3.05, 3.63) is 36.5 Å². The topological polar surface area (TPSA) is 21.3 Å². The van der Waals surface area contributed by atoms with Gasteiger partial charge in [0.05, 0.1) is 6.61 Å². The number of ether oxygens (including phenoxy) is 1. The van der Waals surface area contributed by atoms with Crippen LogP contribution >= 0.6 is 0 Å². The van der Waals surface area contributed by atoms with E-state index in [-0.39, 0.29) is 0 Å². The summed E-state index contributed by atoms with van der Waals surface area (Å²) in [7, 11) is 0. The minimum absolute atomic E-state index is 0.871. The van der Waals surface area contributed by atoms with Crippen LogP contribution in [0.5, 0.6) is 0 Å². The molecule has 42 heavy (non-hydrogen) atoms. The van der Waals surface area contributed by atoms with Gasteiger partial charge in [0.25, 0.3) is 0 Å². The van der Waals surface area contributed by atoms with Gasteiger partial charge in [-0.25, -0.2) is 0 Å². The van der Waals surface area contributed by atoms with E-state index in [1.54, 1.807) is 0 Å². The molecule has 248 valence electrons. The van der Waals surface area contributed by atoms with Gasteiger partial charge in [0.1, 0.15) is 0 Å². The van der Waals surface area contributed by atoms with Gasteiger partial charge in [-0.05, 0) is 77.2 Å². The number of hydrogen-bond donors (Lipinski definition) is 1. The van der Waals surface area contributed by atoms with E-state index in [2.05, 4.69) is 55.6 Å². The molecule has 0 heterocycles. The maximum absolute atomic E-state index is 5.81. The van der Waals surface area contributed by atoms with Crippen molar-refractivity contribution >= 4 is 0 Å². The predicted octanol–water partition coefficient (Wildman–Crippen LogP) is 13.2. The van der Waals surface area contributed by atoms with Gasteiger partial charge >= 0.3 is 0 Å². The first-order valence-electron chi connectivity index (χ1n) is 19.1. The second kappa shape index (κ2) is 40.1. The molecule has 0 amide bonds. The van der Waals surface area contributed by atoms with Crippen molar-refractivity contribution < 1.29 is 4.74 Å². The summed E-state index contributed by atoms with van der Waals surface area (Å²) in [5.41, 5.74) is 0. The number of nitrogens with one attached hydrogen (secondary N) is 1. The molecule has 0 rings (SSSR count). The monoisotopic (exact) mass is 588 g/mol. The minimum Gasteiger partial charge on any atom is -0.380 e. The summed E-state index contributed by atoms with van der Waals surface area (Å²) in [4.78, 5) is 0. The third kappa shape index (κ3) is 39.1. The highest BCUT2D eigenvalue weighted by atomic mass is 16.5. The molecule has 0 unspecified atom stereocenters. The molecule has 0 radical (unpaired) electrons. The summed E-state index contributed by atoms with van der Waals surface area (Å²) in [6.45, 7) is 8.53. The van der Waals surface area contributed by atoms with Gasteiger partial charge in [-0.1, -0.05) is 159 Å². The van der Waals surface area contributed by atoms with Crippen LogP contribution in [-0.4, -0.2) is 26.3 Å². The SMILES string of the molecule is CCCCC/C=C\C/C=C\CCCCCCCCCCNCCOCCCCCCCC/C=C\CCCCCCCC. The molecule has 0 spiro atoms. The molecule has 0 aliphatic heterocycles. The second-order valence-electron chi connectivity index (χ2n) is 12.6. The molecule has 0 aromatic heterocycles. The Balaban J connectivity index is 3.11. The summed E-state index contributed by atoms with van der Waals surface area (Å²) in [6, 6.07) is 0. The lowest BCUT2D eigenvalue weighted by Gasteiger charge is -2.06. The lowest BCUT2D eigenvalue weighted by atomic mass is 10.1. The first-order valence-corrected chi connectivity index (χ1v) is 19.1. The van der Waals surface area contributed by atoms with Crippen LogP contribution < -0.4 is 5.32 Å². The van der Waals surface area contributed by atoms with Crippen LogP contribution in [0, 0.1) is 0 Å². The van der Waals surface area contributed by atoms with Gasteiger partial charge < -0.3 is 10.1 Å². The van der Waals surface area contributed by atoms with E-state index in [0.717, 1.165) is 32.7 Å². The highest BCUT2D eigenvalue weighted by Crippen LogP contribution is 2.11. The summed E-state index contributed by atoms with van der Waals surface area (Å²) in [5.74, 6) is 0. The number of unbranched alkanes of at least 4 members (excludes halogenated alkanes) is 23. The van der Waals surface area contributed by atoms with Gasteiger partial charge in [0.2, 0.25) is 0 Å². The molecule has 2 nitrogen and oxygen atoms in total. The number of allylic oxidation sites excluding steroid dienone is 6.